The van der Waals surface area contributed by atoms with Crippen LogP contribution in [0.4, 0.5) is 17.1 Å². The molecule has 0 amide bonds. The normalized spacial score (nSPS) is 10.6. The summed E-state index contributed by atoms with van der Waals surface area (Å²) in [6.07, 6.45) is 1.39. The van der Waals surface area contributed by atoms with E-state index in [1.54, 1.807) is 18.2 Å². The highest BCUT2D eigenvalue weighted by atomic mass is 35.5. The van der Waals surface area contributed by atoms with Crippen LogP contribution in [-0.2, 0) is 0 Å². The van der Waals surface area contributed by atoms with Crippen LogP contribution in [0.15, 0.2) is 41.5 Å². The summed E-state index contributed by atoms with van der Waals surface area (Å²) in [5.74, 6) is 0.552. The van der Waals surface area contributed by atoms with Gasteiger partial charge in [-0.25, -0.2) is 0 Å². The summed E-state index contributed by atoms with van der Waals surface area (Å²) < 4.78 is 5.44. The molecule has 0 aromatic heterocycles. The maximum atomic E-state index is 11.1. The lowest BCUT2D eigenvalue weighted by Gasteiger charge is -2.07. The van der Waals surface area contributed by atoms with Gasteiger partial charge in [0.15, 0.2) is 0 Å². The quantitative estimate of drug-likeness (QED) is 0.450. The molecule has 2 aromatic carbocycles. The number of benzene rings is 2. The molecule has 0 heterocycles. The number of hydrogen-bond donors (Lipinski definition) is 1. The van der Waals surface area contributed by atoms with Crippen LogP contribution in [0.2, 0.25) is 5.02 Å². The van der Waals surface area contributed by atoms with Gasteiger partial charge in [-0.1, -0.05) is 11.6 Å². The number of non-ortho nitro benzene ring substituents is 1. The fourth-order valence-corrected chi connectivity index (χ4v) is 2.14. The van der Waals surface area contributed by atoms with Gasteiger partial charge in [0.05, 0.1) is 28.7 Å². The number of halogens is 1. The molecule has 0 radical (unpaired) electrons. The zero-order valence-electron chi connectivity index (χ0n) is 13.0. The zero-order valence-corrected chi connectivity index (χ0v) is 13.8. The van der Waals surface area contributed by atoms with E-state index < -0.39 is 15.5 Å². The summed E-state index contributed by atoms with van der Waals surface area (Å²) in [6, 6.07) is 8.20. The number of nitro groups is 2. The first kappa shape index (κ1) is 18.1. The third kappa shape index (κ3) is 4.64. The Morgan fingerprint density at radius 3 is 2.60 bits per heavy atom. The predicted molar refractivity (Wildman–Crippen MR) is 93.6 cm³/mol. The lowest BCUT2D eigenvalue weighted by molar-refractivity contribution is -0.393. The van der Waals surface area contributed by atoms with Gasteiger partial charge in [0.2, 0.25) is 0 Å². The molecule has 0 spiro atoms. The number of hydrazone groups is 1. The van der Waals surface area contributed by atoms with Crippen molar-refractivity contribution >= 4 is 34.9 Å². The van der Waals surface area contributed by atoms with Crippen LogP contribution in [0.1, 0.15) is 12.5 Å². The van der Waals surface area contributed by atoms with E-state index >= 15 is 0 Å². The third-order valence-corrected chi connectivity index (χ3v) is 3.28. The summed E-state index contributed by atoms with van der Waals surface area (Å²) in [5.41, 5.74) is 2.26. The van der Waals surface area contributed by atoms with Crippen LogP contribution in [0, 0.1) is 20.2 Å². The second kappa shape index (κ2) is 8.06. The van der Waals surface area contributed by atoms with E-state index in [1.807, 2.05) is 6.92 Å². The van der Waals surface area contributed by atoms with Crippen molar-refractivity contribution in [2.24, 2.45) is 5.10 Å². The lowest BCUT2D eigenvalue weighted by Crippen LogP contribution is -2.00. The highest BCUT2D eigenvalue weighted by Crippen LogP contribution is 2.29. The molecule has 0 saturated heterocycles. The largest absolute Gasteiger partial charge is 0.493 e. The van der Waals surface area contributed by atoms with Gasteiger partial charge in [-0.15, -0.1) is 0 Å². The molecule has 9 nitrogen and oxygen atoms in total. The van der Waals surface area contributed by atoms with Crippen LogP contribution in [0.25, 0.3) is 0 Å². The van der Waals surface area contributed by atoms with Crippen LogP contribution < -0.4 is 10.2 Å². The van der Waals surface area contributed by atoms with Gasteiger partial charge in [0, 0.05) is 16.7 Å². The van der Waals surface area contributed by atoms with Gasteiger partial charge in [-0.2, -0.15) is 5.10 Å². The van der Waals surface area contributed by atoms with Gasteiger partial charge < -0.3 is 4.74 Å². The summed E-state index contributed by atoms with van der Waals surface area (Å²) in [4.78, 5) is 20.4. The Hall–Kier alpha value is -3.20. The number of rotatable bonds is 7. The highest BCUT2D eigenvalue weighted by Gasteiger charge is 2.19. The fraction of sp³-hybridized carbons (Fsp3) is 0.133. The van der Waals surface area contributed by atoms with Crippen LogP contribution in [0.5, 0.6) is 5.75 Å². The first-order valence-corrected chi connectivity index (χ1v) is 7.44. The molecule has 0 saturated carbocycles. The third-order valence-electron chi connectivity index (χ3n) is 3.05. The molecule has 0 fully saturated rings. The lowest BCUT2D eigenvalue weighted by atomic mass is 10.2. The first-order chi connectivity index (χ1) is 11.9. The Morgan fingerprint density at radius 1 is 1.20 bits per heavy atom. The van der Waals surface area contributed by atoms with E-state index in [9.17, 15) is 20.2 Å². The van der Waals surface area contributed by atoms with Crippen molar-refractivity contribution in [1.29, 1.82) is 0 Å². The van der Waals surface area contributed by atoms with Crippen LogP contribution in [-0.4, -0.2) is 22.7 Å². The summed E-state index contributed by atoms with van der Waals surface area (Å²) in [7, 11) is 0. The number of nitro benzene ring substituents is 2. The fourth-order valence-electron chi connectivity index (χ4n) is 1.96. The molecule has 0 atom stereocenters. The number of anilines is 1. The molecule has 25 heavy (non-hydrogen) atoms. The van der Waals surface area contributed by atoms with E-state index in [1.165, 1.54) is 12.3 Å². The Labute approximate surface area is 147 Å². The van der Waals surface area contributed by atoms with E-state index in [0.29, 0.717) is 22.9 Å². The van der Waals surface area contributed by atoms with Crippen LogP contribution in [0.3, 0.4) is 0 Å². The number of ether oxygens (including phenoxy) is 1. The second-order valence-electron chi connectivity index (χ2n) is 4.70. The minimum atomic E-state index is -0.726. The molecule has 0 unspecified atom stereocenters. The Balaban J connectivity index is 2.26. The van der Waals surface area contributed by atoms with Gasteiger partial charge in [0.25, 0.3) is 5.69 Å². The standard InChI is InChI=1S/C15H13ClN4O5/c1-2-25-15-6-3-11(16)7-10(15)9-17-18-13-5-4-12(19(21)22)8-14(13)20(23)24/h3-9,18H,2H2,1H3/b17-9+. The van der Waals surface area contributed by atoms with Gasteiger partial charge in [0.1, 0.15) is 11.4 Å². The molecule has 2 aromatic rings. The van der Waals surface area contributed by atoms with Crippen LogP contribution >= 0.6 is 11.6 Å². The molecule has 2 rings (SSSR count). The highest BCUT2D eigenvalue weighted by molar-refractivity contribution is 6.30. The topological polar surface area (TPSA) is 120 Å². The number of nitrogens with one attached hydrogen (secondary N) is 1. The van der Waals surface area contributed by atoms with Gasteiger partial charge >= 0.3 is 5.69 Å². The van der Waals surface area contributed by atoms with E-state index in [2.05, 4.69) is 10.5 Å². The molecule has 0 aliphatic carbocycles. The average Bonchev–Trinajstić information content (AvgIpc) is 2.57. The Kier molecular flexibility index (Phi) is 5.85. The van der Waals surface area contributed by atoms with E-state index in [0.717, 1.165) is 12.1 Å². The minimum absolute atomic E-state index is 0.0202. The number of hydrogen-bond acceptors (Lipinski definition) is 7. The van der Waals surface area contributed by atoms with Crippen molar-refractivity contribution in [3.8, 4) is 5.75 Å². The van der Waals surface area contributed by atoms with Crippen molar-refractivity contribution in [1.82, 2.24) is 0 Å². The van der Waals surface area contributed by atoms with Crippen molar-refractivity contribution in [3.05, 3.63) is 67.2 Å². The van der Waals surface area contributed by atoms with Crippen molar-refractivity contribution < 1.29 is 14.6 Å². The van der Waals surface area contributed by atoms with E-state index in [4.69, 9.17) is 16.3 Å². The SMILES string of the molecule is CCOc1ccc(Cl)cc1/C=N/Nc1ccc([N+](=O)[O-])cc1[N+](=O)[O-]. The Bertz CT molecular complexity index is 841. The Morgan fingerprint density at radius 2 is 1.96 bits per heavy atom. The second-order valence-corrected chi connectivity index (χ2v) is 5.14. The molecule has 0 bridgehead atoms. The summed E-state index contributed by atoms with van der Waals surface area (Å²) in [5, 5.41) is 26.2. The number of nitrogens with zero attached hydrogens (tertiary/aromatic N) is 3. The molecular formula is C15H13ClN4O5. The maximum absolute atomic E-state index is 11.1. The molecule has 130 valence electrons. The van der Waals surface area contributed by atoms with Gasteiger partial charge in [-0.3, -0.25) is 25.7 Å². The smallest absolute Gasteiger partial charge is 0.301 e. The predicted octanol–water partition coefficient (Wildman–Crippen LogP) is 4.00. The summed E-state index contributed by atoms with van der Waals surface area (Å²) >= 11 is 5.94. The minimum Gasteiger partial charge on any atom is -0.493 e. The molecule has 1 N–H and O–H groups in total. The monoisotopic (exact) mass is 364 g/mol. The van der Waals surface area contributed by atoms with Crippen molar-refractivity contribution in [3.63, 3.8) is 0 Å². The maximum Gasteiger partial charge on any atom is 0.301 e. The summed E-state index contributed by atoms with van der Waals surface area (Å²) in [6.45, 7) is 2.28. The average molecular weight is 365 g/mol. The van der Waals surface area contributed by atoms with E-state index in [-0.39, 0.29) is 11.4 Å². The van der Waals surface area contributed by atoms with Crippen molar-refractivity contribution in [2.45, 2.75) is 6.92 Å². The first-order valence-electron chi connectivity index (χ1n) is 7.06. The molecule has 0 aliphatic rings. The van der Waals surface area contributed by atoms with Crippen molar-refractivity contribution in [2.75, 3.05) is 12.0 Å². The molecular weight excluding hydrogens is 352 g/mol. The molecule has 10 heteroatoms. The van der Waals surface area contributed by atoms with Gasteiger partial charge in [-0.05, 0) is 31.2 Å². The molecule has 0 aliphatic heterocycles. The zero-order chi connectivity index (χ0) is 18.4.